The van der Waals surface area contributed by atoms with Crippen LogP contribution in [0.25, 0.3) is 0 Å². The summed E-state index contributed by atoms with van der Waals surface area (Å²) in [6.07, 6.45) is 1.41. The number of nitrogens with zero attached hydrogens (tertiary/aromatic N) is 1. The number of hydrogen-bond donors (Lipinski definition) is 2. The van der Waals surface area contributed by atoms with Crippen molar-refractivity contribution >= 4 is 5.91 Å². The van der Waals surface area contributed by atoms with E-state index in [-0.39, 0.29) is 5.91 Å². The van der Waals surface area contributed by atoms with Gasteiger partial charge in [0.05, 0.1) is 18.7 Å². The van der Waals surface area contributed by atoms with Crippen LogP contribution >= 0.6 is 0 Å². The fourth-order valence-corrected chi connectivity index (χ4v) is 1.59. The summed E-state index contributed by atoms with van der Waals surface area (Å²) in [6, 6.07) is 2.07. The van der Waals surface area contributed by atoms with Gasteiger partial charge in [-0.15, -0.1) is 0 Å². The summed E-state index contributed by atoms with van der Waals surface area (Å²) in [6.45, 7) is 6.32. The molecule has 102 valence electrons. The number of rotatable bonds is 7. The monoisotopic (exact) mass is 255 g/mol. The minimum atomic E-state index is -0.349. The van der Waals surface area contributed by atoms with E-state index in [1.165, 1.54) is 6.26 Å². The number of amides is 1. The third-order valence-corrected chi connectivity index (χ3v) is 2.72. The molecule has 1 aromatic heterocycles. The van der Waals surface area contributed by atoms with E-state index in [1.54, 1.807) is 13.2 Å². The highest BCUT2D eigenvalue weighted by molar-refractivity contribution is 5.93. The number of nitrogens with one attached hydrogen (secondary N) is 1. The summed E-state index contributed by atoms with van der Waals surface area (Å²) < 4.78 is 10.4. The molecule has 0 saturated heterocycles. The highest BCUT2D eigenvalue weighted by atomic mass is 16.5. The summed E-state index contributed by atoms with van der Waals surface area (Å²) in [5.74, 6) is 5.45. The van der Waals surface area contributed by atoms with Gasteiger partial charge in [0.2, 0.25) is 0 Å². The van der Waals surface area contributed by atoms with Crippen molar-refractivity contribution < 1.29 is 13.9 Å². The fourth-order valence-electron chi connectivity index (χ4n) is 1.59. The van der Waals surface area contributed by atoms with Gasteiger partial charge in [-0.2, -0.15) is 0 Å². The number of carbonyl (C=O) groups is 1. The number of hydrazine groups is 1. The molecule has 0 saturated carbocycles. The first-order valence-electron chi connectivity index (χ1n) is 5.89. The lowest BCUT2D eigenvalue weighted by atomic mass is 10.2. The van der Waals surface area contributed by atoms with Crippen LogP contribution < -0.4 is 11.3 Å². The Labute approximate surface area is 107 Å². The number of carbonyl (C=O) groups excluding carboxylic acids is 1. The largest absolute Gasteiger partial charge is 0.467 e. The molecule has 0 aliphatic rings. The highest BCUT2D eigenvalue weighted by Gasteiger charge is 2.14. The molecule has 1 rings (SSSR count). The molecule has 1 amide bonds. The summed E-state index contributed by atoms with van der Waals surface area (Å²) in [5, 5.41) is 0. The highest BCUT2D eigenvalue weighted by Crippen LogP contribution is 2.12. The third kappa shape index (κ3) is 4.14. The van der Waals surface area contributed by atoms with Crippen LogP contribution in [-0.2, 0) is 11.3 Å². The number of furan rings is 1. The van der Waals surface area contributed by atoms with E-state index < -0.39 is 0 Å². The maximum atomic E-state index is 11.3. The van der Waals surface area contributed by atoms with E-state index in [9.17, 15) is 4.79 Å². The van der Waals surface area contributed by atoms with Crippen molar-refractivity contribution in [2.45, 2.75) is 26.4 Å². The Hall–Kier alpha value is -1.37. The molecule has 0 radical (unpaired) electrons. The van der Waals surface area contributed by atoms with Crippen LogP contribution in [0.1, 0.15) is 30.0 Å². The molecule has 0 atom stereocenters. The van der Waals surface area contributed by atoms with Gasteiger partial charge in [-0.3, -0.25) is 15.1 Å². The minimum absolute atomic E-state index is 0.349. The van der Waals surface area contributed by atoms with Crippen LogP contribution in [0.4, 0.5) is 0 Å². The van der Waals surface area contributed by atoms with Crippen LogP contribution in [0.5, 0.6) is 0 Å². The van der Waals surface area contributed by atoms with Crippen molar-refractivity contribution in [1.82, 2.24) is 10.3 Å². The van der Waals surface area contributed by atoms with Gasteiger partial charge in [0.15, 0.2) is 0 Å². The van der Waals surface area contributed by atoms with Crippen molar-refractivity contribution in [3.05, 3.63) is 23.7 Å². The number of nitrogen functional groups attached to an aromatic ring is 1. The first kappa shape index (κ1) is 14.7. The number of nitrogens with two attached hydrogens (primary N) is 1. The van der Waals surface area contributed by atoms with Crippen LogP contribution in [0.15, 0.2) is 16.7 Å². The second-order valence-corrected chi connectivity index (χ2v) is 4.33. The molecule has 0 fully saturated rings. The minimum Gasteiger partial charge on any atom is -0.467 e. The molecular weight excluding hydrogens is 234 g/mol. The second kappa shape index (κ2) is 7.15. The molecule has 1 aromatic rings. The first-order chi connectivity index (χ1) is 8.58. The maximum Gasteiger partial charge on any atom is 0.268 e. The van der Waals surface area contributed by atoms with E-state index >= 15 is 0 Å². The smallest absolute Gasteiger partial charge is 0.268 e. The van der Waals surface area contributed by atoms with Gasteiger partial charge in [0.1, 0.15) is 12.0 Å². The Morgan fingerprint density at radius 1 is 1.61 bits per heavy atom. The molecule has 18 heavy (non-hydrogen) atoms. The molecule has 0 spiro atoms. The molecule has 1 heterocycles. The SMILES string of the molecule is COCCN(Cc1cc(C(=O)NN)co1)C(C)C. The first-order valence-corrected chi connectivity index (χ1v) is 5.89. The molecule has 0 aliphatic carbocycles. The predicted molar refractivity (Wildman–Crippen MR) is 67.8 cm³/mol. The van der Waals surface area contributed by atoms with E-state index in [0.29, 0.717) is 24.8 Å². The van der Waals surface area contributed by atoms with E-state index in [4.69, 9.17) is 15.0 Å². The van der Waals surface area contributed by atoms with E-state index in [0.717, 1.165) is 12.3 Å². The summed E-state index contributed by atoms with van der Waals surface area (Å²) in [7, 11) is 1.68. The number of methoxy groups -OCH3 is 1. The molecule has 3 N–H and O–H groups in total. The third-order valence-electron chi connectivity index (χ3n) is 2.72. The van der Waals surface area contributed by atoms with Gasteiger partial charge in [-0.05, 0) is 19.9 Å². The molecule has 0 aliphatic heterocycles. The molecule has 0 aromatic carbocycles. The zero-order chi connectivity index (χ0) is 13.5. The average Bonchev–Trinajstić information content (AvgIpc) is 2.81. The maximum absolute atomic E-state index is 11.3. The van der Waals surface area contributed by atoms with E-state index in [1.807, 2.05) is 0 Å². The Bertz CT molecular complexity index is 376. The quantitative estimate of drug-likeness (QED) is 0.427. The van der Waals surface area contributed by atoms with Gasteiger partial charge in [0.25, 0.3) is 5.91 Å². The topological polar surface area (TPSA) is 80.7 Å². The van der Waals surface area contributed by atoms with Crippen molar-refractivity contribution in [2.24, 2.45) is 5.84 Å². The van der Waals surface area contributed by atoms with E-state index in [2.05, 4.69) is 24.2 Å². The molecule has 0 unspecified atom stereocenters. The van der Waals surface area contributed by atoms with Crippen molar-refractivity contribution in [3.63, 3.8) is 0 Å². The Morgan fingerprint density at radius 2 is 2.33 bits per heavy atom. The van der Waals surface area contributed by atoms with Crippen molar-refractivity contribution in [2.75, 3.05) is 20.3 Å². The predicted octanol–water partition coefficient (Wildman–Crippen LogP) is 0.740. The summed E-state index contributed by atoms with van der Waals surface area (Å²) in [5.41, 5.74) is 2.51. The van der Waals surface area contributed by atoms with Crippen molar-refractivity contribution in [1.29, 1.82) is 0 Å². The lowest BCUT2D eigenvalue weighted by Crippen LogP contribution is -2.33. The van der Waals surface area contributed by atoms with Gasteiger partial charge in [0, 0.05) is 19.7 Å². The van der Waals surface area contributed by atoms with Gasteiger partial charge < -0.3 is 9.15 Å². The van der Waals surface area contributed by atoms with Crippen molar-refractivity contribution in [3.8, 4) is 0 Å². The zero-order valence-corrected chi connectivity index (χ0v) is 11.1. The van der Waals surface area contributed by atoms with Crippen LogP contribution in [-0.4, -0.2) is 37.1 Å². The standard InChI is InChI=1S/C12H21N3O3/c1-9(2)15(4-5-17-3)7-11-6-10(8-18-11)12(16)14-13/h6,8-9H,4-5,7,13H2,1-3H3,(H,14,16). The van der Waals surface area contributed by atoms with Crippen LogP contribution in [0, 0.1) is 0 Å². The van der Waals surface area contributed by atoms with Crippen LogP contribution in [0.3, 0.4) is 0 Å². The second-order valence-electron chi connectivity index (χ2n) is 4.33. The molecule has 6 nitrogen and oxygen atoms in total. The molecular formula is C12H21N3O3. The molecule has 6 heteroatoms. The Morgan fingerprint density at radius 3 is 2.89 bits per heavy atom. The fraction of sp³-hybridized carbons (Fsp3) is 0.583. The zero-order valence-electron chi connectivity index (χ0n) is 11.1. The summed E-state index contributed by atoms with van der Waals surface area (Å²) >= 11 is 0. The lowest BCUT2D eigenvalue weighted by molar-refractivity contribution is 0.0953. The van der Waals surface area contributed by atoms with Gasteiger partial charge >= 0.3 is 0 Å². The normalized spacial score (nSPS) is 11.2. The molecule has 0 bridgehead atoms. The van der Waals surface area contributed by atoms with Gasteiger partial charge in [-0.1, -0.05) is 0 Å². The number of ether oxygens (including phenoxy) is 1. The number of hydrogen-bond acceptors (Lipinski definition) is 5. The van der Waals surface area contributed by atoms with Gasteiger partial charge in [-0.25, -0.2) is 5.84 Å². The Balaban J connectivity index is 2.63. The lowest BCUT2D eigenvalue weighted by Gasteiger charge is -2.24. The Kier molecular flexibility index (Phi) is 5.84. The summed E-state index contributed by atoms with van der Waals surface area (Å²) in [4.78, 5) is 13.5. The average molecular weight is 255 g/mol. The van der Waals surface area contributed by atoms with Crippen LogP contribution in [0.2, 0.25) is 0 Å².